The highest BCUT2D eigenvalue weighted by Crippen LogP contribution is 2.33. The van der Waals surface area contributed by atoms with E-state index in [-0.39, 0.29) is 11.9 Å². The Hall–Kier alpha value is -1.88. The van der Waals surface area contributed by atoms with E-state index >= 15 is 0 Å². The number of imide groups is 1. The molecule has 1 saturated carbocycles. The minimum atomic E-state index is -0.577. The molecule has 140 valence electrons. The van der Waals surface area contributed by atoms with Crippen molar-refractivity contribution in [1.29, 1.82) is 0 Å². The van der Waals surface area contributed by atoms with E-state index in [4.69, 9.17) is 0 Å². The summed E-state index contributed by atoms with van der Waals surface area (Å²) in [5, 5.41) is 3.00. The van der Waals surface area contributed by atoms with Gasteiger partial charge in [0.05, 0.1) is 0 Å². The van der Waals surface area contributed by atoms with E-state index < -0.39 is 5.54 Å². The highest BCUT2D eigenvalue weighted by Gasteiger charge is 2.50. The maximum Gasteiger partial charge on any atom is 0.325 e. The van der Waals surface area contributed by atoms with Crippen molar-refractivity contribution >= 4 is 11.9 Å². The predicted molar refractivity (Wildman–Crippen MR) is 101 cm³/mol. The first-order chi connectivity index (χ1) is 12.7. The van der Waals surface area contributed by atoms with Crippen LogP contribution in [0.3, 0.4) is 0 Å². The van der Waals surface area contributed by atoms with Crippen molar-refractivity contribution in [2.24, 2.45) is 0 Å². The van der Waals surface area contributed by atoms with Crippen molar-refractivity contribution in [2.75, 3.05) is 19.6 Å². The number of amides is 3. The summed E-state index contributed by atoms with van der Waals surface area (Å²) in [6.45, 7) is 3.70. The van der Waals surface area contributed by atoms with E-state index in [0.29, 0.717) is 6.54 Å². The van der Waals surface area contributed by atoms with Gasteiger partial charge in [-0.2, -0.15) is 0 Å². The first kappa shape index (κ1) is 17.5. The summed E-state index contributed by atoms with van der Waals surface area (Å²) in [5.41, 5.74) is 2.33. The number of unbranched alkanes of at least 4 members (excludes halogenated alkanes) is 1. The minimum absolute atomic E-state index is 0.0223. The van der Waals surface area contributed by atoms with Crippen LogP contribution in [0.4, 0.5) is 4.79 Å². The van der Waals surface area contributed by atoms with Gasteiger partial charge in [0.2, 0.25) is 0 Å². The molecule has 5 heteroatoms. The van der Waals surface area contributed by atoms with Crippen LogP contribution in [0.2, 0.25) is 0 Å². The molecular formula is C21H29N3O2. The van der Waals surface area contributed by atoms with Crippen molar-refractivity contribution in [1.82, 2.24) is 15.1 Å². The summed E-state index contributed by atoms with van der Waals surface area (Å²) < 4.78 is 0. The van der Waals surface area contributed by atoms with Crippen molar-refractivity contribution in [3.05, 3.63) is 35.4 Å². The summed E-state index contributed by atoms with van der Waals surface area (Å²) in [4.78, 5) is 29.0. The fourth-order valence-corrected chi connectivity index (χ4v) is 4.72. The van der Waals surface area contributed by atoms with Crippen molar-refractivity contribution in [3.63, 3.8) is 0 Å². The van der Waals surface area contributed by atoms with Crippen molar-refractivity contribution < 1.29 is 9.59 Å². The molecule has 1 spiro atoms. The van der Waals surface area contributed by atoms with E-state index in [0.717, 1.165) is 64.6 Å². The predicted octanol–water partition coefficient (Wildman–Crippen LogP) is 3.08. The molecule has 2 heterocycles. The molecule has 2 fully saturated rings. The van der Waals surface area contributed by atoms with Gasteiger partial charge >= 0.3 is 6.03 Å². The quantitative estimate of drug-likeness (QED) is 0.652. The Balaban J connectivity index is 1.24. The zero-order valence-corrected chi connectivity index (χ0v) is 15.5. The lowest BCUT2D eigenvalue weighted by Crippen LogP contribution is -2.48. The van der Waals surface area contributed by atoms with E-state index in [1.807, 2.05) is 0 Å². The number of carbonyl (C=O) groups excluding carboxylic acids is 2. The molecule has 1 aromatic carbocycles. The smallest absolute Gasteiger partial charge is 0.323 e. The van der Waals surface area contributed by atoms with Crippen LogP contribution in [0.25, 0.3) is 0 Å². The van der Waals surface area contributed by atoms with Gasteiger partial charge in [0.1, 0.15) is 5.54 Å². The standard InChI is InChI=1S/C21H29N3O2/c25-19-21(11-4-1-5-12-21)22-20(26)24(19)14-7-6-13-23-15-10-17-8-2-3-9-18(17)16-23/h2-3,8-9H,1,4-7,10-16H2,(H,22,26). The Morgan fingerprint density at radius 1 is 0.962 bits per heavy atom. The molecule has 3 amide bonds. The fraction of sp³-hybridized carbons (Fsp3) is 0.619. The van der Waals surface area contributed by atoms with Crippen LogP contribution in [0.1, 0.15) is 56.1 Å². The van der Waals surface area contributed by atoms with Crippen LogP contribution in [-0.4, -0.2) is 46.9 Å². The lowest BCUT2D eigenvalue weighted by molar-refractivity contribution is -0.132. The average Bonchev–Trinajstić information content (AvgIpc) is 2.89. The van der Waals surface area contributed by atoms with Crippen LogP contribution < -0.4 is 5.32 Å². The lowest BCUT2D eigenvalue weighted by Gasteiger charge is -2.30. The molecule has 1 aliphatic carbocycles. The van der Waals surface area contributed by atoms with Crippen molar-refractivity contribution in [3.8, 4) is 0 Å². The number of hydrogen-bond acceptors (Lipinski definition) is 3. The Kier molecular flexibility index (Phi) is 4.98. The molecule has 0 radical (unpaired) electrons. The lowest BCUT2D eigenvalue weighted by atomic mass is 9.82. The maximum atomic E-state index is 12.8. The minimum Gasteiger partial charge on any atom is -0.323 e. The zero-order chi connectivity index (χ0) is 18.0. The van der Waals surface area contributed by atoms with Crippen molar-refractivity contribution in [2.45, 2.75) is 63.5 Å². The second-order valence-corrected chi connectivity index (χ2v) is 8.03. The summed E-state index contributed by atoms with van der Waals surface area (Å²) in [6.07, 6.45) is 7.88. The van der Waals surface area contributed by atoms with E-state index in [1.165, 1.54) is 22.4 Å². The first-order valence-electron chi connectivity index (χ1n) is 10.1. The van der Waals surface area contributed by atoms with Gasteiger partial charge in [-0.15, -0.1) is 0 Å². The van der Waals surface area contributed by atoms with Crippen LogP contribution in [0, 0.1) is 0 Å². The third-order valence-electron chi connectivity index (χ3n) is 6.27. The van der Waals surface area contributed by atoms with Crippen LogP contribution >= 0.6 is 0 Å². The molecule has 0 atom stereocenters. The Morgan fingerprint density at radius 2 is 1.69 bits per heavy atom. The molecule has 0 unspecified atom stereocenters. The summed E-state index contributed by atoms with van der Waals surface area (Å²) in [6, 6.07) is 8.50. The highest BCUT2D eigenvalue weighted by atomic mass is 16.2. The summed E-state index contributed by atoms with van der Waals surface area (Å²) >= 11 is 0. The Morgan fingerprint density at radius 3 is 2.50 bits per heavy atom. The molecule has 1 aromatic rings. The number of carbonyl (C=O) groups is 2. The average molecular weight is 355 g/mol. The van der Waals surface area contributed by atoms with Gasteiger partial charge in [0.25, 0.3) is 5.91 Å². The van der Waals surface area contributed by atoms with Gasteiger partial charge in [-0.05, 0) is 49.8 Å². The van der Waals surface area contributed by atoms with E-state index in [1.54, 1.807) is 0 Å². The topological polar surface area (TPSA) is 52.7 Å². The van der Waals surface area contributed by atoms with E-state index in [9.17, 15) is 9.59 Å². The molecule has 0 aromatic heterocycles. The Labute approximate surface area is 155 Å². The largest absolute Gasteiger partial charge is 0.325 e. The molecule has 5 nitrogen and oxygen atoms in total. The maximum absolute atomic E-state index is 12.8. The molecule has 4 rings (SSSR count). The van der Waals surface area contributed by atoms with Crippen LogP contribution in [0.15, 0.2) is 24.3 Å². The molecule has 26 heavy (non-hydrogen) atoms. The highest BCUT2D eigenvalue weighted by molar-refractivity contribution is 6.07. The SMILES string of the molecule is O=C1NC2(CCCCC2)C(=O)N1CCCCN1CCc2ccccc2C1. The number of urea groups is 1. The van der Waals surface area contributed by atoms with Gasteiger partial charge in [0.15, 0.2) is 0 Å². The van der Waals surface area contributed by atoms with Gasteiger partial charge in [-0.3, -0.25) is 14.6 Å². The molecule has 0 bridgehead atoms. The van der Waals surface area contributed by atoms with Gasteiger partial charge < -0.3 is 5.32 Å². The molecule has 2 aliphatic heterocycles. The number of hydrogen-bond donors (Lipinski definition) is 1. The Bertz CT molecular complexity index is 682. The number of nitrogens with one attached hydrogen (secondary N) is 1. The normalized spacial score (nSPS) is 22.5. The number of nitrogens with zero attached hydrogens (tertiary/aromatic N) is 2. The van der Waals surface area contributed by atoms with E-state index in [2.05, 4.69) is 34.5 Å². The zero-order valence-electron chi connectivity index (χ0n) is 15.5. The number of benzene rings is 1. The van der Waals surface area contributed by atoms with Gasteiger partial charge in [-0.1, -0.05) is 43.5 Å². The molecule has 1 saturated heterocycles. The molecule has 1 N–H and O–H groups in total. The third kappa shape index (κ3) is 3.37. The number of rotatable bonds is 5. The van der Waals surface area contributed by atoms with Crippen LogP contribution in [0.5, 0.6) is 0 Å². The molecule has 3 aliphatic rings. The second kappa shape index (κ2) is 7.39. The molecular weight excluding hydrogens is 326 g/mol. The fourth-order valence-electron chi connectivity index (χ4n) is 4.72. The van der Waals surface area contributed by atoms with Gasteiger partial charge in [0, 0.05) is 19.6 Å². The summed E-state index contributed by atoms with van der Waals surface area (Å²) in [5.74, 6) is 0.0223. The first-order valence-corrected chi connectivity index (χ1v) is 10.1. The summed E-state index contributed by atoms with van der Waals surface area (Å²) in [7, 11) is 0. The second-order valence-electron chi connectivity index (χ2n) is 8.03. The van der Waals surface area contributed by atoms with Crippen LogP contribution in [-0.2, 0) is 17.8 Å². The third-order valence-corrected chi connectivity index (χ3v) is 6.27. The van der Waals surface area contributed by atoms with Gasteiger partial charge in [-0.25, -0.2) is 4.79 Å². The number of fused-ring (bicyclic) bond motifs is 1. The monoisotopic (exact) mass is 355 g/mol.